The van der Waals surface area contributed by atoms with Crippen LogP contribution in [0.25, 0.3) is 0 Å². The number of aromatic nitrogens is 1. The summed E-state index contributed by atoms with van der Waals surface area (Å²) in [6.07, 6.45) is 1.42. The first-order valence-corrected chi connectivity index (χ1v) is 9.65. The van der Waals surface area contributed by atoms with Gasteiger partial charge in [-0.2, -0.15) is 0 Å². The molecule has 0 N–H and O–H groups in total. The molecule has 2 bridgehead atoms. The molecular weight excluding hydrogens is 364 g/mol. The summed E-state index contributed by atoms with van der Waals surface area (Å²) in [6, 6.07) is 12.1. The number of ketones is 1. The molecule has 2 atom stereocenters. The molecule has 1 fully saturated rings. The number of carbonyl (C=O) groups excluding carboxylic acids is 2. The van der Waals surface area contributed by atoms with Gasteiger partial charge in [0.15, 0.2) is 5.78 Å². The molecule has 4 rings (SSSR count). The van der Waals surface area contributed by atoms with Gasteiger partial charge in [0, 0.05) is 60.7 Å². The van der Waals surface area contributed by atoms with Gasteiger partial charge in [0.2, 0.25) is 5.91 Å². The van der Waals surface area contributed by atoms with Crippen LogP contribution in [-0.4, -0.2) is 34.2 Å². The van der Waals surface area contributed by atoms with E-state index in [9.17, 15) is 14.4 Å². The van der Waals surface area contributed by atoms with Crippen molar-refractivity contribution in [3.8, 4) is 0 Å². The lowest BCUT2D eigenvalue weighted by atomic mass is 9.83. The number of hydrogen-bond acceptors (Lipinski definition) is 3. The first-order valence-electron chi connectivity index (χ1n) is 9.27. The number of carbonyl (C=O) groups is 2. The number of nitrogens with zero attached hydrogens (tertiary/aromatic N) is 2. The molecule has 2 aliphatic rings. The predicted molar refractivity (Wildman–Crippen MR) is 103 cm³/mol. The molecule has 6 heteroatoms. The summed E-state index contributed by atoms with van der Waals surface area (Å²) in [5.74, 6) is 0.461. The lowest BCUT2D eigenvalue weighted by Gasteiger charge is -2.42. The van der Waals surface area contributed by atoms with Crippen molar-refractivity contribution in [1.29, 1.82) is 0 Å². The van der Waals surface area contributed by atoms with Crippen LogP contribution in [0.1, 0.15) is 41.2 Å². The summed E-state index contributed by atoms with van der Waals surface area (Å²) < 4.78 is 1.85. The van der Waals surface area contributed by atoms with Crippen LogP contribution < -0.4 is 5.56 Å². The van der Waals surface area contributed by atoms with Crippen LogP contribution in [0, 0.1) is 5.92 Å². The van der Waals surface area contributed by atoms with E-state index in [0.29, 0.717) is 36.1 Å². The average molecular weight is 385 g/mol. The van der Waals surface area contributed by atoms with Gasteiger partial charge < -0.3 is 9.47 Å². The smallest absolute Gasteiger partial charge is 0.250 e. The first-order chi connectivity index (χ1) is 13.0. The molecule has 27 heavy (non-hydrogen) atoms. The summed E-state index contributed by atoms with van der Waals surface area (Å²) in [6.45, 7) is 1.94. The van der Waals surface area contributed by atoms with Crippen molar-refractivity contribution in [2.45, 2.75) is 31.7 Å². The Bertz CT molecular complexity index is 935. The zero-order chi connectivity index (χ0) is 19.0. The van der Waals surface area contributed by atoms with Crippen molar-refractivity contribution < 1.29 is 9.59 Å². The number of benzene rings is 1. The number of rotatable bonds is 4. The Morgan fingerprint density at radius 2 is 1.78 bits per heavy atom. The third kappa shape index (κ3) is 3.69. The highest BCUT2D eigenvalue weighted by Crippen LogP contribution is 2.35. The van der Waals surface area contributed by atoms with Crippen LogP contribution >= 0.6 is 11.6 Å². The molecule has 2 aromatic rings. The minimum Gasteiger partial charge on any atom is -0.342 e. The maximum Gasteiger partial charge on any atom is 0.250 e. The maximum atomic E-state index is 12.7. The Balaban J connectivity index is 1.40. The topological polar surface area (TPSA) is 59.4 Å². The highest BCUT2D eigenvalue weighted by atomic mass is 35.5. The van der Waals surface area contributed by atoms with Gasteiger partial charge in [0.1, 0.15) is 0 Å². The standard InChI is InChI=1S/C21H21ClN2O3/c22-17-6-4-15(5-7-17)19(25)8-9-20(26)23-11-14-10-16(13-23)18-2-1-3-21(27)24(18)12-14/h1-7,14,16H,8-13H2. The van der Waals surface area contributed by atoms with Gasteiger partial charge in [-0.05, 0) is 42.7 Å². The fraction of sp³-hybridized carbons (Fsp3) is 0.381. The van der Waals surface area contributed by atoms with E-state index >= 15 is 0 Å². The van der Waals surface area contributed by atoms with Crippen molar-refractivity contribution in [3.05, 3.63) is 69.1 Å². The number of hydrogen-bond donors (Lipinski definition) is 0. The highest BCUT2D eigenvalue weighted by Gasteiger charge is 2.36. The molecule has 1 aromatic heterocycles. The molecule has 0 saturated carbocycles. The highest BCUT2D eigenvalue weighted by molar-refractivity contribution is 6.30. The Morgan fingerprint density at radius 1 is 1.00 bits per heavy atom. The van der Waals surface area contributed by atoms with Crippen LogP contribution in [-0.2, 0) is 11.3 Å². The molecule has 0 spiro atoms. The van der Waals surface area contributed by atoms with E-state index in [4.69, 9.17) is 11.6 Å². The third-order valence-corrected chi connectivity index (χ3v) is 5.82. The van der Waals surface area contributed by atoms with Crippen LogP contribution in [0.2, 0.25) is 5.02 Å². The molecule has 0 radical (unpaired) electrons. The second kappa shape index (κ2) is 7.31. The normalized spacial score (nSPS) is 20.9. The Kier molecular flexibility index (Phi) is 4.87. The Hall–Kier alpha value is -2.40. The van der Waals surface area contributed by atoms with Crippen LogP contribution in [0.15, 0.2) is 47.3 Å². The Labute approximate surface area is 162 Å². The summed E-state index contributed by atoms with van der Waals surface area (Å²) in [4.78, 5) is 38.9. The largest absolute Gasteiger partial charge is 0.342 e. The number of likely N-dealkylation sites (tertiary alicyclic amines) is 1. The van der Waals surface area contributed by atoms with E-state index in [1.165, 1.54) is 0 Å². The molecule has 2 unspecified atom stereocenters. The summed E-state index contributed by atoms with van der Waals surface area (Å²) in [7, 11) is 0. The molecule has 0 aliphatic carbocycles. The average Bonchev–Trinajstić information content (AvgIpc) is 2.67. The fourth-order valence-corrected chi connectivity index (χ4v) is 4.38. The number of fused-ring (bicyclic) bond motifs is 4. The zero-order valence-corrected chi connectivity index (χ0v) is 15.7. The van der Waals surface area contributed by atoms with Crippen molar-refractivity contribution >= 4 is 23.3 Å². The van der Waals surface area contributed by atoms with Crippen molar-refractivity contribution in [2.75, 3.05) is 13.1 Å². The predicted octanol–water partition coefficient (Wildman–Crippen LogP) is 3.11. The van der Waals surface area contributed by atoms with Crippen LogP contribution in [0.3, 0.4) is 0 Å². The van der Waals surface area contributed by atoms with E-state index in [2.05, 4.69) is 0 Å². The summed E-state index contributed by atoms with van der Waals surface area (Å²) in [5, 5.41) is 0.585. The van der Waals surface area contributed by atoms with Crippen LogP contribution in [0.5, 0.6) is 0 Å². The van der Waals surface area contributed by atoms with Crippen LogP contribution in [0.4, 0.5) is 0 Å². The number of Topliss-reactive ketones (excluding diaryl/α,β-unsaturated/α-hetero) is 1. The van der Waals surface area contributed by atoms with Crippen molar-refractivity contribution in [2.24, 2.45) is 5.92 Å². The number of halogens is 1. The lowest BCUT2D eigenvalue weighted by molar-refractivity contribution is -0.133. The number of amides is 1. The van der Waals surface area contributed by atoms with E-state index in [1.54, 1.807) is 36.4 Å². The molecule has 1 amide bonds. The van der Waals surface area contributed by atoms with Gasteiger partial charge in [0.05, 0.1) is 0 Å². The summed E-state index contributed by atoms with van der Waals surface area (Å²) in [5.41, 5.74) is 1.64. The van der Waals surface area contributed by atoms with E-state index in [1.807, 2.05) is 15.5 Å². The first kappa shape index (κ1) is 18.0. The second-order valence-corrected chi connectivity index (χ2v) is 7.86. The molecule has 1 saturated heterocycles. The summed E-state index contributed by atoms with van der Waals surface area (Å²) >= 11 is 5.84. The van der Waals surface area contributed by atoms with E-state index in [-0.39, 0.29) is 36.0 Å². The number of pyridine rings is 1. The lowest BCUT2D eigenvalue weighted by Crippen LogP contribution is -2.49. The molecular formula is C21H21ClN2O3. The minimum absolute atomic E-state index is 0.0127. The van der Waals surface area contributed by atoms with Crippen molar-refractivity contribution in [1.82, 2.24) is 9.47 Å². The minimum atomic E-state index is -0.0471. The second-order valence-electron chi connectivity index (χ2n) is 7.43. The maximum absolute atomic E-state index is 12.7. The molecule has 5 nitrogen and oxygen atoms in total. The fourth-order valence-electron chi connectivity index (χ4n) is 4.26. The van der Waals surface area contributed by atoms with E-state index in [0.717, 1.165) is 12.1 Å². The molecule has 3 heterocycles. The van der Waals surface area contributed by atoms with Gasteiger partial charge in [-0.15, -0.1) is 0 Å². The molecule has 1 aromatic carbocycles. The van der Waals surface area contributed by atoms with Crippen molar-refractivity contribution in [3.63, 3.8) is 0 Å². The zero-order valence-electron chi connectivity index (χ0n) is 14.9. The van der Waals surface area contributed by atoms with Gasteiger partial charge in [-0.25, -0.2) is 0 Å². The Morgan fingerprint density at radius 3 is 2.56 bits per heavy atom. The quantitative estimate of drug-likeness (QED) is 0.761. The van der Waals surface area contributed by atoms with Gasteiger partial charge in [-0.3, -0.25) is 14.4 Å². The molecule has 140 valence electrons. The van der Waals surface area contributed by atoms with Gasteiger partial charge >= 0.3 is 0 Å². The third-order valence-electron chi connectivity index (χ3n) is 5.56. The van der Waals surface area contributed by atoms with E-state index < -0.39 is 0 Å². The monoisotopic (exact) mass is 384 g/mol. The van der Waals surface area contributed by atoms with Gasteiger partial charge in [0.25, 0.3) is 5.56 Å². The SMILES string of the molecule is O=C(CCC(=O)N1CC2CC(C1)c1cccc(=O)n1C2)c1ccc(Cl)cc1. The number of piperidine rings is 1. The molecule has 2 aliphatic heterocycles. The van der Waals surface area contributed by atoms with Gasteiger partial charge in [-0.1, -0.05) is 17.7 Å².